The molecule has 0 aliphatic heterocycles. The third kappa shape index (κ3) is 6.12. The first kappa shape index (κ1) is 22.1. The normalized spacial score (nSPS) is 12.1. The number of aromatic nitrogens is 1. The first-order valence-electron chi connectivity index (χ1n) is 8.34. The Bertz CT molecular complexity index is 739. The molecule has 0 aliphatic rings. The highest BCUT2D eigenvalue weighted by atomic mass is 127. The number of benzene rings is 1. The van der Waals surface area contributed by atoms with Gasteiger partial charge in [-0.05, 0) is 44.0 Å². The van der Waals surface area contributed by atoms with Gasteiger partial charge in [0.2, 0.25) is 5.88 Å². The second-order valence-electron chi connectivity index (χ2n) is 5.74. The maximum Gasteiger partial charge on any atom is 0.218 e. The molecule has 0 bridgehead atoms. The van der Waals surface area contributed by atoms with Gasteiger partial charge in [-0.25, -0.2) is 14.4 Å². The van der Waals surface area contributed by atoms with Gasteiger partial charge in [0.05, 0.1) is 19.7 Å². The summed E-state index contributed by atoms with van der Waals surface area (Å²) in [6.45, 7) is 6.88. The lowest BCUT2D eigenvalue weighted by molar-refractivity contribution is 0.392. The summed E-state index contributed by atoms with van der Waals surface area (Å²) < 4.78 is 19.0. The van der Waals surface area contributed by atoms with E-state index in [0.717, 1.165) is 17.7 Å². The fourth-order valence-electron chi connectivity index (χ4n) is 2.38. The van der Waals surface area contributed by atoms with Gasteiger partial charge in [-0.1, -0.05) is 18.2 Å². The fraction of sp³-hybridized carbons (Fsp3) is 0.368. The van der Waals surface area contributed by atoms with Crippen molar-refractivity contribution in [2.24, 2.45) is 4.99 Å². The zero-order valence-electron chi connectivity index (χ0n) is 15.5. The summed E-state index contributed by atoms with van der Waals surface area (Å²) in [5.41, 5.74) is 2.41. The third-order valence-electron chi connectivity index (χ3n) is 3.84. The van der Waals surface area contributed by atoms with E-state index in [1.807, 2.05) is 32.0 Å². The summed E-state index contributed by atoms with van der Waals surface area (Å²) in [7, 11) is 1.59. The molecule has 1 atom stereocenters. The van der Waals surface area contributed by atoms with Crippen LogP contribution in [-0.2, 0) is 6.54 Å². The highest BCUT2D eigenvalue weighted by Gasteiger charge is 2.10. The molecule has 26 heavy (non-hydrogen) atoms. The van der Waals surface area contributed by atoms with Crippen LogP contribution in [0.15, 0.2) is 41.5 Å². The SMILES string of the molecule is CCNC(=NCc1cccnc1OC)NC(C)c1ccc(C)c(F)c1.I. The maximum atomic E-state index is 13.8. The molecule has 0 aliphatic carbocycles. The van der Waals surface area contributed by atoms with Crippen molar-refractivity contribution in [3.8, 4) is 5.88 Å². The van der Waals surface area contributed by atoms with Gasteiger partial charge >= 0.3 is 0 Å². The van der Waals surface area contributed by atoms with E-state index in [2.05, 4.69) is 20.6 Å². The van der Waals surface area contributed by atoms with Crippen LogP contribution in [0.3, 0.4) is 0 Å². The molecule has 1 heterocycles. The molecule has 2 N–H and O–H groups in total. The van der Waals surface area contributed by atoms with E-state index in [1.165, 1.54) is 0 Å². The van der Waals surface area contributed by atoms with Crippen LogP contribution in [0, 0.1) is 12.7 Å². The van der Waals surface area contributed by atoms with Crippen molar-refractivity contribution < 1.29 is 9.13 Å². The largest absolute Gasteiger partial charge is 0.481 e. The van der Waals surface area contributed by atoms with Crippen molar-refractivity contribution in [3.05, 3.63) is 59.0 Å². The number of methoxy groups -OCH3 is 1. The number of nitrogens with one attached hydrogen (secondary N) is 2. The minimum Gasteiger partial charge on any atom is -0.481 e. The van der Waals surface area contributed by atoms with Gasteiger partial charge < -0.3 is 15.4 Å². The molecular formula is C19H26FIN4O. The van der Waals surface area contributed by atoms with Gasteiger partial charge in [0.15, 0.2) is 5.96 Å². The van der Waals surface area contributed by atoms with Crippen LogP contribution in [0.2, 0.25) is 0 Å². The third-order valence-corrected chi connectivity index (χ3v) is 3.84. The summed E-state index contributed by atoms with van der Waals surface area (Å²) in [4.78, 5) is 8.75. The number of halogens is 2. The van der Waals surface area contributed by atoms with Crippen LogP contribution in [-0.4, -0.2) is 24.6 Å². The number of guanidine groups is 1. The lowest BCUT2D eigenvalue weighted by Crippen LogP contribution is -2.38. The van der Waals surface area contributed by atoms with Gasteiger partial charge in [-0.3, -0.25) is 0 Å². The van der Waals surface area contributed by atoms with Crippen LogP contribution < -0.4 is 15.4 Å². The Labute approximate surface area is 171 Å². The van der Waals surface area contributed by atoms with Crippen LogP contribution in [0.1, 0.15) is 36.6 Å². The standard InChI is InChI=1S/C19H25FN4O.HI/c1-5-21-19(23-12-16-7-6-10-22-18(16)25-4)24-14(3)15-9-8-13(2)17(20)11-15;/h6-11,14H,5,12H2,1-4H3,(H2,21,23,24);1H. The van der Waals surface area contributed by atoms with Crippen molar-refractivity contribution in [2.75, 3.05) is 13.7 Å². The zero-order valence-corrected chi connectivity index (χ0v) is 17.9. The second-order valence-corrected chi connectivity index (χ2v) is 5.74. The Balaban J connectivity index is 0.00000338. The summed E-state index contributed by atoms with van der Waals surface area (Å²) >= 11 is 0. The number of aryl methyl sites for hydroxylation is 1. The molecule has 5 nitrogen and oxygen atoms in total. The smallest absolute Gasteiger partial charge is 0.218 e. The Morgan fingerprint density at radius 2 is 2.12 bits per heavy atom. The molecule has 0 saturated carbocycles. The topological polar surface area (TPSA) is 58.5 Å². The van der Waals surface area contributed by atoms with Crippen LogP contribution in [0.4, 0.5) is 4.39 Å². The molecular weight excluding hydrogens is 446 g/mol. The molecule has 0 saturated heterocycles. The van der Waals surface area contributed by atoms with Gasteiger partial charge in [0, 0.05) is 18.3 Å². The number of hydrogen-bond donors (Lipinski definition) is 2. The summed E-state index contributed by atoms with van der Waals surface area (Å²) in [5, 5.41) is 6.50. The predicted molar refractivity (Wildman–Crippen MR) is 114 cm³/mol. The fourth-order valence-corrected chi connectivity index (χ4v) is 2.38. The van der Waals surface area contributed by atoms with E-state index < -0.39 is 0 Å². The predicted octanol–water partition coefficient (Wildman–Crippen LogP) is 3.97. The highest BCUT2D eigenvalue weighted by Crippen LogP contribution is 2.17. The zero-order chi connectivity index (χ0) is 18.2. The maximum absolute atomic E-state index is 13.8. The Kier molecular flexibility index (Phi) is 9.32. The van der Waals surface area contributed by atoms with E-state index in [1.54, 1.807) is 32.4 Å². The van der Waals surface area contributed by atoms with Gasteiger partial charge in [-0.15, -0.1) is 24.0 Å². The summed E-state index contributed by atoms with van der Waals surface area (Å²) in [6.07, 6.45) is 1.68. The van der Waals surface area contributed by atoms with E-state index in [0.29, 0.717) is 23.9 Å². The first-order chi connectivity index (χ1) is 12.0. The van der Waals surface area contributed by atoms with Gasteiger partial charge in [0.25, 0.3) is 0 Å². The minimum atomic E-state index is -0.201. The number of ether oxygens (including phenoxy) is 1. The molecule has 142 valence electrons. The van der Waals surface area contributed by atoms with E-state index in [4.69, 9.17) is 4.74 Å². The quantitative estimate of drug-likeness (QED) is 0.380. The van der Waals surface area contributed by atoms with Crippen molar-refractivity contribution in [3.63, 3.8) is 0 Å². The van der Waals surface area contributed by atoms with Gasteiger partial charge in [-0.2, -0.15) is 0 Å². The van der Waals surface area contributed by atoms with Crippen molar-refractivity contribution in [1.29, 1.82) is 0 Å². The molecule has 7 heteroatoms. The van der Waals surface area contributed by atoms with Crippen molar-refractivity contribution in [1.82, 2.24) is 15.6 Å². The monoisotopic (exact) mass is 472 g/mol. The molecule has 0 spiro atoms. The first-order valence-corrected chi connectivity index (χ1v) is 8.34. The summed E-state index contributed by atoms with van der Waals surface area (Å²) in [5.74, 6) is 1.02. The highest BCUT2D eigenvalue weighted by molar-refractivity contribution is 14.0. The number of hydrogen-bond acceptors (Lipinski definition) is 3. The minimum absolute atomic E-state index is 0. The van der Waals surface area contributed by atoms with E-state index in [9.17, 15) is 4.39 Å². The van der Waals surface area contributed by atoms with Crippen LogP contribution in [0.25, 0.3) is 0 Å². The van der Waals surface area contributed by atoms with Gasteiger partial charge in [0.1, 0.15) is 5.82 Å². The van der Waals surface area contributed by atoms with Crippen molar-refractivity contribution >= 4 is 29.9 Å². The summed E-state index contributed by atoms with van der Waals surface area (Å²) in [6, 6.07) is 8.96. The molecule has 1 aromatic carbocycles. The Hall–Kier alpha value is -1.90. The number of rotatable bonds is 6. The lowest BCUT2D eigenvalue weighted by Gasteiger charge is -2.18. The Morgan fingerprint density at radius 1 is 1.35 bits per heavy atom. The number of aliphatic imine (C=N–C) groups is 1. The average Bonchev–Trinajstić information content (AvgIpc) is 2.62. The van der Waals surface area contributed by atoms with Crippen molar-refractivity contribution in [2.45, 2.75) is 33.4 Å². The second kappa shape index (κ2) is 10.9. The molecule has 2 aromatic rings. The van der Waals surface area contributed by atoms with E-state index >= 15 is 0 Å². The molecule has 2 rings (SSSR count). The van der Waals surface area contributed by atoms with Crippen LogP contribution in [0.5, 0.6) is 5.88 Å². The molecule has 0 radical (unpaired) electrons. The average molecular weight is 472 g/mol. The molecule has 0 amide bonds. The Morgan fingerprint density at radius 3 is 2.77 bits per heavy atom. The van der Waals surface area contributed by atoms with E-state index in [-0.39, 0.29) is 35.8 Å². The number of pyridine rings is 1. The number of nitrogens with zero attached hydrogens (tertiary/aromatic N) is 2. The molecule has 0 fully saturated rings. The lowest BCUT2D eigenvalue weighted by atomic mass is 10.1. The van der Waals surface area contributed by atoms with Crippen LogP contribution >= 0.6 is 24.0 Å². The molecule has 1 unspecified atom stereocenters. The molecule has 1 aromatic heterocycles.